The topological polar surface area (TPSA) is 53.4 Å². The molecule has 0 aliphatic carbocycles. The number of hydrogen-bond donors (Lipinski definition) is 1. The number of piperidine rings is 1. The van der Waals surface area contributed by atoms with Crippen molar-refractivity contribution in [3.63, 3.8) is 0 Å². The lowest BCUT2D eigenvalue weighted by Gasteiger charge is -2.35. The first-order valence-electron chi connectivity index (χ1n) is 7.52. The van der Waals surface area contributed by atoms with Crippen LogP contribution in [0, 0.1) is 0 Å². The van der Waals surface area contributed by atoms with Crippen molar-refractivity contribution in [2.24, 2.45) is 0 Å². The highest BCUT2D eigenvalue weighted by Gasteiger charge is 2.24. The van der Waals surface area contributed by atoms with Crippen LogP contribution in [0.2, 0.25) is 0 Å². The van der Waals surface area contributed by atoms with Gasteiger partial charge in [-0.2, -0.15) is 0 Å². The average molecular weight is 284 g/mol. The number of pyridine rings is 1. The number of para-hydroxylation sites is 1. The van der Waals surface area contributed by atoms with Gasteiger partial charge >= 0.3 is 5.97 Å². The van der Waals surface area contributed by atoms with Crippen LogP contribution < -0.4 is 0 Å². The summed E-state index contributed by atoms with van der Waals surface area (Å²) in [5, 5.41) is 10.3. The highest BCUT2D eigenvalue weighted by molar-refractivity contribution is 5.81. The normalized spacial score (nSPS) is 19.7. The summed E-state index contributed by atoms with van der Waals surface area (Å²) in [4.78, 5) is 17.7. The second-order valence-electron chi connectivity index (χ2n) is 5.71. The van der Waals surface area contributed by atoms with Gasteiger partial charge in [-0.3, -0.25) is 14.7 Å². The molecule has 1 aliphatic heterocycles. The number of aromatic nitrogens is 1. The summed E-state index contributed by atoms with van der Waals surface area (Å²) in [6, 6.07) is 10.3. The van der Waals surface area contributed by atoms with Gasteiger partial charge in [0.2, 0.25) is 0 Å². The molecule has 0 saturated carbocycles. The first kappa shape index (κ1) is 14.0. The summed E-state index contributed by atoms with van der Waals surface area (Å²) < 4.78 is 0. The lowest BCUT2D eigenvalue weighted by molar-refractivity contribution is -0.138. The van der Waals surface area contributed by atoms with Crippen molar-refractivity contribution >= 4 is 16.9 Å². The van der Waals surface area contributed by atoms with Crippen LogP contribution in [-0.4, -0.2) is 33.5 Å². The van der Waals surface area contributed by atoms with Crippen LogP contribution >= 0.6 is 0 Å². The Morgan fingerprint density at radius 1 is 1.29 bits per heavy atom. The molecule has 0 spiro atoms. The number of carbonyl (C=O) groups is 1. The number of carboxylic acids is 1. The summed E-state index contributed by atoms with van der Waals surface area (Å²) in [6.45, 7) is 1.79. The quantitative estimate of drug-likeness (QED) is 0.937. The Bertz CT molecular complexity index is 636. The molecule has 1 aliphatic rings. The van der Waals surface area contributed by atoms with E-state index in [9.17, 15) is 4.79 Å². The van der Waals surface area contributed by atoms with Gasteiger partial charge in [-0.15, -0.1) is 0 Å². The number of likely N-dealkylation sites (tertiary alicyclic amines) is 1. The van der Waals surface area contributed by atoms with Crippen LogP contribution in [0.1, 0.15) is 31.2 Å². The van der Waals surface area contributed by atoms with E-state index in [-0.39, 0.29) is 12.5 Å². The standard InChI is InChI=1S/C17H20N2O2/c20-17(21)11-14-5-3-4-10-19(14)12-13-8-9-18-16-7-2-1-6-15(13)16/h1-2,6-9,14H,3-5,10-12H2,(H,20,21). The molecule has 1 N–H and O–H groups in total. The van der Waals surface area contributed by atoms with Crippen LogP contribution in [0.15, 0.2) is 36.5 Å². The number of rotatable bonds is 4. The van der Waals surface area contributed by atoms with Crippen molar-refractivity contribution < 1.29 is 9.90 Å². The largest absolute Gasteiger partial charge is 0.481 e. The molecule has 1 fully saturated rings. The number of fused-ring (bicyclic) bond motifs is 1. The van der Waals surface area contributed by atoms with Gasteiger partial charge in [0.1, 0.15) is 0 Å². The molecule has 1 unspecified atom stereocenters. The molecule has 4 heteroatoms. The van der Waals surface area contributed by atoms with Crippen LogP contribution in [0.4, 0.5) is 0 Å². The van der Waals surface area contributed by atoms with Gasteiger partial charge in [-0.25, -0.2) is 0 Å². The van der Waals surface area contributed by atoms with Crippen molar-refractivity contribution in [3.8, 4) is 0 Å². The summed E-state index contributed by atoms with van der Waals surface area (Å²) in [5.41, 5.74) is 2.24. The summed E-state index contributed by atoms with van der Waals surface area (Å²) in [6.07, 6.45) is 5.34. The maximum Gasteiger partial charge on any atom is 0.304 e. The van der Waals surface area contributed by atoms with E-state index < -0.39 is 5.97 Å². The summed E-state index contributed by atoms with van der Waals surface area (Å²) >= 11 is 0. The molecule has 3 rings (SSSR count). The zero-order valence-electron chi connectivity index (χ0n) is 12.0. The van der Waals surface area contributed by atoms with Gasteiger partial charge in [0.15, 0.2) is 0 Å². The van der Waals surface area contributed by atoms with Crippen LogP contribution in [0.25, 0.3) is 10.9 Å². The van der Waals surface area contributed by atoms with Crippen molar-refractivity contribution in [1.29, 1.82) is 0 Å². The maximum atomic E-state index is 11.0. The Balaban J connectivity index is 1.84. The summed E-state index contributed by atoms with van der Waals surface area (Å²) in [7, 11) is 0. The van der Waals surface area contributed by atoms with Crippen LogP contribution in [0.3, 0.4) is 0 Å². The highest BCUT2D eigenvalue weighted by Crippen LogP contribution is 2.24. The number of carboxylic acid groups (broad SMARTS) is 1. The number of nitrogens with zero attached hydrogens (tertiary/aromatic N) is 2. The molecule has 2 heterocycles. The smallest absolute Gasteiger partial charge is 0.304 e. The SMILES string of the molecule is O=C(O)CC1CCCCN1Cc1ccnc2ccccc12. The molecule has 2 aromatic rings. The fourth-order valence-corrected chi connectivity index (χ4v) is 3.21. The lowest BCUT2D eigenvalue weighted by atomic mass is 9.98. The van der Waals surface area contributed by atoms with Gasteiger partial charge in [-0.05, 0) is 37.1 Å². The van der Waals surface area contributed by atoms with Gasteiger partial charge in [0, 0.05) is 24.2 Å². The average Bonchev–Trinajstić information content (AvgIpc) is 2.49. The second kappa shape index (κ2) is 6.22. The third-order valence-corrected chi connectivity index (χ3v) is 4.27. The molecule has 1 aromatic heterocycles. The molecule has 1 atom stereocenters. The first-order chi connectivity index (χ1) is 10.2. The fourth-order valence-electron chi connectivity index (χ4n) is 3.21. The molecule has 1 aromatic carbocycles. The molecule has 0 bridgehead atoms. The molecule has 0 radical (unpaired) electrons. The van der Waals surface area contributed by atoms with Gasteiger partial charge in [-0.1, -0.05) is 24.6 Å². The number of aliphatic carboxylic acids is 1. The zero-order valence-corrected chi connectivity index (χ0v) is 12.0. The van der Waals surface area contributed by atoms with E-state index in [1.54, 1.807) is 0 Å². The Kier molecular flexibility index (Phi) is 4.15. The van der Waals surface area contributed by atoms with Gasteiger partial charge in [0.25, 0.3) is 0 Å². The van der Waals surface area contributed by atoms with E-state index in [1.165, 1.54) is 10.9 Å². The number of benzene rings is 1. The van der Waals surface area contributed by atoms with E-state index in [0.29, 0.717) is 0 Å². The molecule has 4 nitrogen and oxygen atoms in total. The van der Waals surface area contributed by atoms with Gasteiger partial charge in [0.05, 0.1) is 11.9 Å². The zero-order chi connectivity index (χ0) is 14.7. The molecule has 0 amide bonds. The second-order valence-corrected chi connectivity index (χ2v) is 5.71. The van der Waals surface area contributed by atoms with Crippen molar-refractivity contribution in [2.45, 2.75) is 38.3 Å². The van der Waals surface area contributed by atoms with Crippen LogP contribution in [0.5, 0.6) is 0 Å². The Labute approximate surface area is 124 Å². The van der Waals surface area contributed by atoms with E-state index in [2.05, 4.69) is 22.0 Å². The Morgan fingerprint density at radius 2 is 2.14 bits per heavy atom. The monoisotopic (exact) mass is 284 g/mol. The Morgan fingerprint density at radius 3 is 3.00 bits per heavy atom. The van der Waals surface area contributed by atoms with E-state index in [4.69, 9.17) is 5.11 Å². The van der Waals surface area contributed by atoms with E-state index in [0.717, 1.165) is 37.9 Å². The molecular weight excluding hydrogens is 264 g/mol. The van der Waals surface area contributed by atoms with Crippen molar-refractivity contribution in [2.75, 3.05) is 6.54 Å². The van der Waals surface area contributed by atoms with E-state index in [1.807, 2.05) is 24.4 Å². The predicted octanol–water partition coefficient (Wildman–Crippen LogP) is 3.06. The van der Waals surface area contributed by atoms with Gasteiger partial charge < -0.3 is 5.11 Å². The third-order valence-electron chi connectivity index (χ3n) is 4.27. The minimum Gasteiger partial charge on any atom is -0.481 e. The molecule has 21 heavy (non-hydrogen) atoms. The van der Waals surface area contributed by atoms with E-state index >= 15 is 0 Å². The summed E-state index contributed by atoms with van der Waals surface area (Å²) in [5.74, 6) is -0.702. The van der Waals surface area contributed by atoms with Crippen LogP contribution in [-0.2, 0) is 11.3 Å². The minimum absolute atomic E-state index is 0.156. The fraction of sp³-hybridized carbons (Fsp3) is 0.412. The first-order valence-corrected chi connectivity index (χ1v) is 7.52. The number of hydrogen-bond acceptors (Lipinski definition) is 3. The molecule has 1 saturated heterocycles. The predicted molar refractivity (Wildman–Crippen MR) is 82.0 cm³/mol. The maximum absolute atomic E-state index is 11.0. The minimum atomic E-state index is -0.702. The Hall–Kier alpha value is -1.94. The van der Waals surface area contributed by atoms with Crippen molar-refractivity contribution in [3.05, 3.63) is 42.1 Å². The third kappa shape index (κ3) is 3.22. The highest BCUT2D eigenvalue weighted by atomic mass is 16.4. The molecule has 110 valence electrons. The molecular formula is C17H20N2O2. The van der Waals surface area contributed by atoms with Crippen molar-refractivity contribution in [1.82, 2.24) is 9.88 Å². The lowest BCUT2D eigenvalue weighted by Crippen LogP contribution is -2.40.